The second-order valence-corrected chi connectivity index (χ2v) is 13.7. The number of anilines is 2. The molecule has 2 fully saturated rings. The lowest BCUT2D eigenvalue weighted by Gasteiger charge is -2.40. The summed E-state index contributed by atoms with van der Waals surface area (Å²) in [5, 5.41) is 18.4. The third-order valence-corrected chi connectivity index (χ3v) is 10.2. The predicted molar refractivity (Wildman–Crippen MR) is 194 cm³/mol. The van der Waals surface area contributed by atoms with Crippen LogP contribution in [0, 0.1) is 11.8 Å². The van der Waals surface area contributed by atoms with Gasteiger partial charge in [-0.3, -0.25) is 9.59 Å². The third kappa shape index (κ3) is 9.84. The van der Waals surface area contributed by atoms with Gasteiger partial charge in [-0.15, -0.1) is 0 Å². The number of aliphatic hydroxyl groups excluding tert-OH is 1. The lowest BCUT2D eigenvalue weighted by atomic mass is 9.83. The Bertz CT molecular complexity index is 1480. The Labute approximate surface area is 290 Å². The second kappa shape index (κ2) is 18.5. The molecule has 1 saturated heterocycles. The molecule has 5 rings (SSSR count). The Morgan fingerprint density at radius 3 is 2.33 bits per heavy atom. The van der Waals surface area contributed by atoms with Gasteiger partial charge in [-0.1, -0.05) is 62.4 Å². The Balaban J connectivity index is 1.30. The van der Waals surface area contributed by atoms with E-state index in [2.05, 4.69) is 27.7 Å². The van der Waals surface area contributed by atoms with Gasteiger partial charge in [0.25, 0.3) is 10.9 Å². The molecule has 3 aromatic rings. The normalized spacial score (nSPS) is 19.0. The molecule has 0 amide bonds. The number of hydrogen-bond acceptors (Lipinski definition) is 10. The van der Waals surface area contributed by atoms with Crippen molar-refractivity contribution in [2.75, 3.05) is 64.4 Å². The van der Waals surface area contributed by atoms with Gasteiger partial charge in [0.05, 0.1) is 32.5 Å². The summed E-state index contributed by atoms with van der Waals surface area (Å²) >= 11 is 0. The number of benzene rings is 2. The van der Waals surface area contributed by atoms with Crippen LogP contribution in [-0.2, 0) is 16.0 Å². The summed E-state index contributed by atoms with van der Waals surface area (Å²) in [6.45, 7) is 3.36. The Morgan fingerprint density at radius 2 is 1.63 bits per heavy atom. The summed E-state index contributed by atoms with van der Waals surface area (Å²) in [5.74, 6) is 2.02. The Kier molecular flexibility index (Phi) is 13.9. The number of hydrogen-bond donors (Lipinski definition) is 3. The van der Waals surface area contributed by atoms with E-state index in [0.29, 0.717) is 68.2 Å². The maximum absolute atomic E-state index is 13.2. The van der Waals surface area contributed by atoms with E-state index < -0.39 is 17.0 Å². The number of methoxy groups -OCH3 is 3. The van der Waals surface area contributed by atoms with Crippen molar-refractivity contribution in [3.05, 3.63) is 80.1 Å². The van der Waals surface area contributed by atoms with Crippen molar-refractivity contribution in [1.29, 1.82) is 0 Å². The number of nitrogens with one attached hydrogen (secondary N) is 2. The van der Waals surface area contributed by atoms with Gasteiger partial charge in [-0.2, -0.15) is 0 Å². The average Bonchev–Trinajstić information content (AvgIpc) is 3.14. The molecule has 10 nitrogen and oxygen atoms in total. The van der Waals surface area contributed by atoms with E-state index in [-0.39, 0.29) is 18.1 Å². The van der Waals surface area contributed by atoms with E-state index in [1.807, 2.05) is 36.4 Å². The van der Waals surface area contributed by atoms with Crippen LogP contribution in [0.15, 0.2) is 58.1 Å². The number of aliphatic hydroxyl groups is 1. The number of nitrogens with zero attached hydrogens (tertiary/aromatic N) is 1. The Morgan fingerprint density at radius 1 is 0.898 bits per heavy atom. The van der Waals surface area contributed by atoms with Crippen molar-refractivity contribution in [3.63, 3.8) is 0 Å². The Hall–Kier alpha value is -3.44. The van der Waals surface area contributed by atoms with E-state index in [0.717, 1.165) is 49.7 Å². The highest BCUT2D eigenvalue weighted by molar-refractivity contribution is 5.75. The fourth-order valence-corrected chi connectivity index (χ4v) is 7.59. The quantitative estimate of drug-likeness (QED) is 0.115. The van der Waals surface area contributed by atoms with Crippen LogP contribution >= 0.6 is 0 Å². The van der Waals surface area contributed by atoms with E-state index in [1.165, 1.54) is 19.3 Å². The average molecular weight is 678 g/mol. The minimum absolute atomic E-state index is 0.125. The van der Waals surface area contributed by atoms with E-state index in [9.17, 15) is 14.7 Å². The molecular weight excluding hydrogens is 622 g/mol. The maximum atomic E-state index is 13.2. The zero-order valence-corrected chi connectivity index (χ0v) is 29.5. The molecule has 268 valence electrons. The summed E-state index contributed by atoms with van der Waals surface area (Å²) in [6.07, 6.45) is 8.32. The highest BCUT2D eigenvalue weighted by atomic mass is 16.5. The van der Waals surface area contributed by atoms with E-state index in [4.69, 9.17) is 18.9 Å². The molecule has 0 radical (unpaired) electrons. The first-order valence-corrected chi connectivity index (χ1v) is 18.0. The molecule has 0 spiro atoms. The first-order chi connectivity index (χ1) is 23.9. The molecule has 1 aliphatic heterocycles. The summed E-state index contributed by atoms with van der Waals surface area (Å²) in [4.78, 5) is 28.5. The number of piperidine rings is 1. The summed E-state index contributed by atoms with van der Waals surface area (Å²) in [7, 11) is 4.94. The van der Waals surface area contributed by atoms with Crippen LogP contribution in [0.2, 0.25) is 0 Å². The van der Waals surface area contributed by atoms with Crippen LogP contribution in [0.25, 0.3) is 0 Å². The summed E-state index contributed by atoms with van der Waals surface area (Å²) in [5.41, 5.74) is 1.95. The molecule has 3 N–H and O–H groups in total. The van der Waals surface area contributed by atoms with Gasteiger partial charge in [0.2, 0.25) is 0 Å². The number of ether oxygens (including phenoxy) is 4. The highest BCUT2D eigenvalue weighted by Crippen LogP contribution is 2.36. The first-order valence-electron chi connectivity index (χ1n) is 18.0. The molecule has 49 heavy (non-hydrogen) atoms. The molecule has 4 atom stereocenters. The van der Waals surface area contributed by atoms with Crippen molar-refractivity contribution < 1.29 is 24.1 Å². The fourth-order valence-electron chi connectivity index (χ4n) is 7.59. The van der Waals surface area contributed by atoms with Crippen molar-refractivity contribution in [2.24, 2.45) is 11.8 Å². The lowest BCUT2D eigenvalue weighted by Crippen LogP contribution is -2.50. The van der Waals surface area contributed by atoms with Crippen molar-refractivity contribution in [3.8, 4) is 11.5 Å². The zero-order valence-electron chi connectivity index (χ0n) is 29.5. The molecule has 0 bridgehead atoms. The topological polar surface area (TPSA) is 119 Å². The standard InChI is InChI=1S/C39H55N3O7/c1-46-18-11-19-49-39(29-14-8-5-9-15-29)30-16-10-17-42(26-30)36-35(37(44)38(36)45)41-33(22-27-12-6-4-7-13-27)34(43)25-40-24-28-20-31(47-2)23-32(21-28)48-3/h5,8-9,14-15,20-21,23,27,30,33-34,39-41,43H,4,6-7,10-13,16-19,22,24-26H2,1-3H3/t30-,33+,34+,39?/m1/s1. The van der Waals surface area contributed by atoms with Crippen LogP contribution in [0.1, 0.15) is 75.0 Å². The van der Waals surface area contributed by atoms with Crippen LogP contribution in [0.5, 0.6) is 11.5 Å². The molecule has 1 unspecified atom stereocenters. The minimum atomic E-state index is -0.774. The SMILES string of the molecule is COCCCOC(c1ccccc1)[C@@H]1CCCN(c2c(N[C@@H](CC3CCCCC3)[C@@H](O)CNCc3cc(OC)cc(OC)c3)c(=O)c2=O)C1. The van der Waals surface area contributed by atoms with Crippen molar-refractivity contribution in [1.82, 2.24) is 5.32 Å². The first kappa shape index (κ1) is 36.8. The minimum Gasteiger partial charge on any atom is -0.497 e. The van der Waals surface area contributed by atoms with Gasteiger partial charge in [-0.05, 0) is 54.9 Å². The maximum Gasteiger partial charge on any atom is 0.253 e. The lowest BCUT2D eigenvalue weighted by molar-refractivity contribution is -0.00235. The van der Waals surface area contributed by atoms with Crippen molar-refractivity contribution in [2.45, 2.75) is 82.6 Å². The van der Waals surface area contributed by atoms with Crippen LogP contribution in [0.3, 0.4) is 0 Å². The third-order valence-electron chi connectivity index (χ3n) is 10.2. The van der Waals surface area contributed by atoms with Gasteiger partial charge < -0.3 is 39.6 Å². The highest BCUT2D eigenvalue weighted by Gasteiger charge is 2.35. The fraction of sp³-hybridized carbons (Fsp3) is 0.590. The van der Waals surface area contributed by atoms with Gasteiger partial charge in [0.15, 0.2) is 0 Å². The molecule has 10 heteroatoms. The molecule has 1 heterocycles. The molecule has 0 aromatic heterocycles. The van der Waals surface area contributed by atoms with E-state index >= 15 is 0 Å². The number of rotatable bonds is 19. The zero-order chi connectivity index (χ0) is 34.6. The molecule has 1 aliphatic carbocycles. The predicted octanol–water partition coefficient (Wildman–Crippen LogP) is 5.21. The van der Waals surface area contributed by atoms with Crippen molar-refractivity contribution >= 4 is 11.4 Å². The monoisotopic (exact) mass is 677 g/mol. The van der Waals surface area contributed by atoms with Crippen LogP contribution in [0.4, 0.5) is 11.4 Å². The van der Waals surface area contributed by atoms with Gasteiger partial charge in [0, 0.05) is 58.5 Å². The van der Waals surface area contributed by atoms with Gasteiger partial charge in [0.1, 0.15) is 22.9 Å². The molecule has 2 aliphatic rings. The molecule has 3 aromatic carbocycles. The van der Waals surface area contributed by atoms with E-state index in [1.54, 1.807) is 21.3 Å². The van der Waals surface area contributed by atoms with Gasteiger partial charge in [-0.25, -0.2) is 0 Å². The molecular formula is C39H55N3O7. The largest absolute Gasteiger partial charge is 0.497 e. The second-order valence-electron chi connectivity index (χ2n) is 13.7. The smallest absolute Gasteiger partial charge is 0.253 e. The van der Waals surface area contributed by atoms with Crippen LogP contribution < -0.4 is 35.9 Å². The van der Waals surface area contributed by atoms with Crippen LogP contribution in [-0.4, -0.2) is 71.4 Å². The molecule has 1 saturated carbocycles. The summed E-state index contributed by atoms with van der Waals surface area (Å²) < 4.78 is 22.5. The van der Waals surface area contributed by atoms with Gasteiger partial charge >= 0.3 is 0 Å². The summed E-state index contributed by atoms with van der Waals surface area (Å²) in [6, 6.07) is 15.6.